The number of rotatable bonds is 2. The Morgan fingerprint density at radius 3 is 2.57 bits per heavy atom. The molecule has 1 spiro atoms. The maximum atomic E-state index is 12.4. The van der Waals surface area contributed by atoms with Gasteiger partial charge >= 0.3 is 6.18 Å². The van der Waals surface area contributed by atoms with E-state index in [0.29, 0.717) is 12.4 Å². The molecule has 1 saturated heterocycles. The van der Waals surface area contributed by atoms with Crippen LogP contribution < -0.4 is 5.32 Å². The molecule has 1 unspecified atom stereocenters. The van der Waals surface area contributed by atoms with E-state index in [1.165, 1.54) is 18.9 Å². The summed E-state index contributed by atoms with van der Waals surface area (Å²) in [6.07, 6.45) is 1.80. The van der Waals surface area contributed by atoms with E-state index in [9.17, 15) is 13.2 Å². The van der Waals surface area contributed by atoms with E-state index in [1.807, 2.05) is 0 Å². The lowest BCUT2D eigenvalue weighted by atomic mass is 9.89. The van der Waals surface area contributed by atoms with E-state index >= 15 is 0 Å². The number of nitrogens with one attached hydrogen (secondary N) is 1. The summed E-state index contributed by atoms with van der Waals surface area (Å²) in [5.74, 6) is 0.392. The fraction of sp³-hybridized carbons (Fsp3) is 0.714. The van der Waals surface area contributed by atoms with Crippen molar-refractivity contribution in [1.29, 1.82) is 0 Å². The third kappa shape index (κ3) is 3.28. The molecule has 7 heteroatoms. The molecule has 0 bridgehead atoms. The molecule has 4 nitrogen and oxygen atoms in total. The van der Waals surface area contributed by atoms with Crippen molar-refractivity contribution in [2.45, 2.75) is 56.3 Å². The van der Waals surface area contributed by atoms with Crippen molar-refractivity contribution in [3.05, 3.63) is 17.8 Å². The van der Waals surface area contributed by atoms with Crippen LogP contribution in [-0.4, -0.2) is 28.4 Å². The maximum Gasteiger partial charge on any atom is 0.435 e. The molecular formula is C14H18F3N3O. The van der Waals surface area contributed by atoms with Crippen LogP contribution in [0.3, 0.4) is 0 Å². The topological polar surface area (TPSA) is 47.0 Å². The zero-order valence-electron chi connectivity index (χ0n) is 11.6. The lowest BCUT2D eigenvalue weighted by molar-refractivity contribution is -0.141. The van der Waals surface area contributed by atoms with Crippen LogP contribution in [0.4, 0.5) is 19.0 Å². The van der Waals surface area contributed by atoms with Crippen LogP contribution in [0.2, 0.25) is 0 Å². The SMILES string of the molecule is FC(F)(F)c1ccc(NC2CCOC3(CCCC3)C2)nn1. The highest BCUT2D eigenvalue weighted by Crippen LogP contribution is 2.40. The van der Waals surface area contributed by atoms with Gasteiger partial charge in [-0.3, -0.25) is 0 Å². The lowest BCUT2D eigenvalue weighted by Gasteiger charge is -2.38. The predicted octanol–water partition coefficient (Wildman–Crippen LogP) is 3.40. The van der Waals surface area contributed by atoms with Crippen LogP contribution >= 0.6 is 0 Å². The van der Waals surface area contributed by atoms with Gasteiger partial charge in [-0.05, 0) is 37.8 Å². The Balaban J connectivity index is 1.63. The molecule has 1 aromatic rings. The van der Waals surface area contributed by atoms with Gasteiger partial charge < -0.3 is 10.1 Å². The highest BCUT2D eigenvalue weighted by molar-refractivity contribution is 5.35. The number of alkyl halides is 3. The van der Waals surface area contributed by atoms with Crippen molar-refractivity contribution in [3.8, 4) is 0 Å². The van der Waals surface area contributed by atoms with Crippen LogP contribution in [0.5, 0.6) is 0 Å². The summed E-state index contributed by atoms with van der Waals surface area (Å²) in [7, 11) is 0. The first-order valence-electron chi connectivity index (χ1n) is 7.28. The summed E-state index contributed by atoms with van der Waals surface area (Å²) in [4.78, 5) is 0. The van der Waals surface area contributed by atoms with Crippen molar-refractivity contribution >= 4 is 5.82 Å². The van der Waals surface area contributed by atoms with Gasteiger partial charge in [0.2, 0.25) is 0 Å². The van der Waals surface area contributed by atoms with Gasteiger partial charge in [0, 0.05) is 12.6 Å². The second kappa shape index (κ2) is 5.44. The Morgan fingerprint density at radius 1 is 1.19 bits per heavy atom. The first-order valence-corrected chi connectivity index (χ1v) is 7.28. The summed E-state index contributed by atoms with van der Waals surface area (Å²) < 4.78 is 43.3. The first-order chi connectivity index (χ1) is 9.97. The largest absolute Gasteiger partial charge is 0.435 e. The van der Waals surface area contributed by atoms with Gasteiger partial charge in [0.05, 0.1) is 5.60 Å². The minimum atomic E-state index is -4.45. The smallest absolute Gasteiger partial charge is 0.375 e. The van der Waals surface area contributed by atoms with Crippen molar-refractivity contribution in [1.82, 2.24) is 10.2 Å². The number of halogens is 3. The normalized spacial score (nSPS) is 25.2. The third-order valence-electron chi connectivity index (χ3n) is 4.31. The Labute approximate surface area is 121 Å². The standard InChI is InChI=1S/C14H18F3N3O/c15-14(16,17)11-3-4-12(20-19-11)18-10-5-8-21-13(9-10)6-1-2-7-13/h3-4,10H,1-2,5-9H2,(H,18,20). The molecule has 1 atom stereocenters. The number of nitrogens with zero attached hydrogens (tertiary/aromatic N) is 2. The molecule has 1 N–H and O–H groups in total. The molecule has 0 radical (unpaired) electrons. The van der Waals surface area contributed by atoms with Crippen LogP contribution in [0.1, 0.15) is 44.2 Å². The number of ether oxygens (including phenoxy) is 1. The minimum absolute atomic E-state index is 0.0325. The zero-order valence-corrected chi connectivity index (χ0v) is 11.6. The first kappa shape index (κ1) is 14.6. The van der Waals surface area contributed by atoms with Crippen molar-refractivity contribution in [2.75, 3.05) is 11.9 Å². The van der Waals surface area contributed by atoms with Gasteiger partial charge in [0.15, 0.2) is 5.69 Å². The average molecular weight is 301 g/mol. The molecule has 0 aromatic carbocycles. The van der Waals surface area contributed by atoms with Crippen LogP contribution in [0.15, 0.2) is 12.1 Å². The molecule has 2 fully saturated rings. The van der Waals surface area contributed by atoms with Gasteiger partial charge in [-0.2, -0.15) is 13.2 Å². The van der Waals surface area contributed by atoms with Gasteiger partial charge in [-0.25, -0.2) is 0 Å². The minimum Gasteiger partial charge on any atom is -0.375 e. The summed E-state index contributed by atoms with van der Waals surface area (Å²) >= 11 is 0. The third-order valence-corrected chi connectivity index (χ3v) is 4.31. The van der Waals surface area contributed by atoms with Crippen LogP contribution in [-0.2, 0) is 10.9 Å². The molecule has 1 aliphatic carbocycles. The Bertz CT molecular complexity index is 483. The summed E-state index contributed by atoms with van der Waals surface area (Å²) in [5, 5.41) is 10.1. The second-order valence-corrected chi connectivity index (χ2v) is 5.87. The Kier molecular flexibility index (Phi) is 3.77. The molecular weight excluding hydrogens is 283 g/mol. The monoisotopic (exact) mass is 301 g/mol. The Morgan fingerprint density at radius 2 is 1.95 bits per heavy atom. The van der Waals surface area contributed by atoms with E-state index in [-0.39, 0.29) is 11.6 Å². The van der Waals surface area contributed by atoms with E-state index in [2.05, 4.69) is 15.5 Å². The van der Waals surface area contributed by atoms with Crippen LogP contribution in [0, 0.1) is 0 Å². The molecule has 1 saturated carbocycles. The number of hydrogen-bond donors (Lipinski definition) is 1. The van der Waals surface area contributed by atoms with Gasteiger partial charge in [0.25, 0.3) is 0 Å². The summed E-state index contributed by atoms with van der Waals surface area (Å²) in [5.41, 5.74) is -0.998. The maximum absolute atomic E-state index is 12.4. The second-order valence-electron chi connectivity index (χ2n) is 5.87. The average Bonchev–Trinajstić information content (AvgIpc) is 2.86. The van der Waals surface area contributed by atoms with Crippen molar-refractivity contribution < 1.29 is 17.9 Å². The van der Waals surface area contributed by atoms with Gasteiger partial charge in [-0.15, -0.1) is 10.2 Å². The molecule has 1 aliphatic heterocycles. The highest BCUT2D eigenvalue weighted by atomic mass is 19.4. The molecule has 0 amide bonds. The number of aromatic nitrogens is 2. The molecule has 3 rings (SSSR count). The lowest BCUT2D eigenvalue weighted by Crippen LogP contribution is -2.42. The molecule has 21 heavy (non-hydrogen) atoms. The number of hydrogen-bond acceptors (Lipinski definition) is 4. The fourth-order valence-electron chi connectivity index (χ4n) is 3.29. The van der Waals surface area contributed by atoms with Gasteiger partial charge in [0.1, 0.15) is 5.82 Å². The summed E-state index contributed by atoms with van der Waals surface area (Å²) in [6.45, 7) is 0.686. The van der Waals surface area contributed by atoms with E-state index in [0.717, 1.165) is 31.7 Å². The molecule has 2 aliphatic rings. The highest BCUT2D eigenvalue weighted by Gasteiger charge is 2.40. The van der Waals surface area contributed by atoms with Gasteiger partial charge in [-0.1, -0.05) is 12.8 Å². The van der Waals surface area contributed by atoms with Crippen LogP contribution in [0.25, 0.3) is 0 Å². The predicted molar refractivity (Wildman–Crippen MR) is 70.8 cm³/mol. The summed E-state index contributed by atoms with van der Waals surface area (Å²) in [6, 6.07) is 2.48. The number of anilines is 1. The van der Waals surface area contributed by atoms with Crippen molar-refractivity contribution in [3.63, 3.8) is 0 Å². The fourth-order valence-corrected chi connectivity index (χ4v) is 3.29. The van der Waals surface area contributed by atoms with E-state index < -0.39 is 11.9 Å². The van der Waals surface area contributed by atoms with E-state index in [1.54, 1.807) is 0 Å². The molecule has 2 heterocycles. The zero-order chi connectivity index (χ0) is 14.9. The molecule has 116 valence electrons. The Hall–Kier alpha value is -1.37. The molecule has 1 aromatic heterocycles. The quantitative estimate of drug-likeness (QED) is 0.909. The van der Waals surface area contributed by atoms with E-state index in [4.69, 9.17) is 4.74 Å². The van der Waals surface area contributed by atoms with Crippen molar-refractivity contribution in [2.24, 2.45) is 0 Å².